The van der Waals surface area contributed by atoms with Gasteiger partial charge in [-0.05, 0) is 56.4 Å². The van der Waals surface area contributed by atoms with Crippen molar-refractivity contribution >= 4 is 56.8 Å². The van der Waals surface area contributed by atoms with Crippen LogP contribution in [-0.2, 0) is 28.9 Å². The first-order chi connectivity index (χ1) is 19.0. The average molecular weight is 562 g/mol. The topological polar surface area (TPSA) is 89.4 Å². The first-order valence-corrected chi connectivity index (χ1v) is 14.9. The predicted molar refractivity (Wildman–Crippen MR) is 157 cm³/mol. The van der Waals surface area contributed by atoms with Gasteiger partial charge in [-0.1, -0.05) is 36.4 Å². The number of carbonyl (C=O) groups excluding carboxylic acids is 3. The molecule has 0 radical (unpaired) electrons. The average Bonchev–Trinajstić information content (AvgIpc) is 3.61. The number of ether oxygens (including phenoxy) is 1. The maximum Gasteiger partial charge on any atom is 0.341 e. The van der Waals surface area contributed by atoms with Crippen LogP contribution in [-0.4, -0.2) is 41.3 Å². The third-order valence-electron chi connectivity index (χ3n) is 6.79. The van der Waals surface area contributed by atoms with E-state index in [1.165, 1.54) is 28.0 Å². The first kappa shape index (κ1) is 27.0. The minimum absolute atomic E-state index is 0.0856. The molecular formula is C30H31N3O4S2. The van der Waals surface area contributed by atoms with E-state index in [1.807, 2.05) is 61.7 Å². The van der Waals surface area contributed by atoms with Crippen LogP contribution in [0.5, 0.6) is 0 Å². The summed E-state index contributed by atoms with van der Waals surface area (Å²) in [5, 5.41) is 7.64. The zero-order valence-electron chi connectivity index (χ0n) is 22.0. The molecule has 0 saturated heterocycles. The maximum absolute atomic E-state index is 13.0. The van der Waals surface area contributed by atoms with Crippen molar-refractivity contribution in [2.24, 2.45) is 0 Å². The van der Waals surface area contributed by atoms with Crippen LogP contribution < -0.4 is 10.6 Å². The summed E-state index contributed by atoms with van der Waals surface area (Å²) in [5.41, 5.74) is 4.22. The Kier molecular flexibility index (Phi) is 8.38. The lowest BCUT2D eigenvalue weighted by Gasteiger charge is -2.09. The molecule has 5 rings (SSSR count). The van der Waals surface area contributed by atoms with E-state index in [0.29, 0.717) is 35.8 Å². The number of aromatic nitrogens is 1. The summed E-state index contributed by atoms with van der Waals surface area (Å²) >= 11 is 2.95. The van der Waals surface area contributed by atoms with Crippen LogP contribution in [0.2, 0.25) is 0 Å². The molecule has 2 aromatic carbocycles. The smallest absolute Gasteiger partial charge is 0.341 e. The quantitative estimate of drug-likeness (QED) is 0.188. The van der Waals surface area contributed by atoms with Crippen molar-refractivity contribution in [3.05, 3.63) is 81.9 Å². The van der Waals surface area contributed by atoms with Crippen molar-refractivity contribution in [3.8, 4) is 0 Å². The molecule has 1 aliphatic carbocycles. The Balaban J connectivity index is 1.24. The Morgan fingerprint density at radius 1 is 1.08 bits per heavy atom. The standard InChI is InChI=1S/C30H31N3O4S2/c1-3-37-30(36)27-22-12-8-14-24(22)39-29(27)32-26(34)18-38-25-17-33(23-13-7-6-11-21(23)25)16-15-31-28(35)20-10-5-4-9-19(20)2/h4-7,9-11,13,17H,3,8,12,14-16,18H2,1-2H3,(H,31,35)(H,32,34). The van der Waals surface area contributed by atoms with Crippen molar-refractivity contribution in [1.82, 2.24) is 9.88 Å². The molecule has 0 aliphatic heterocycles. The van der Waals surface area contributed by atoms with Crippen LogP contribution in [0, 0.1) is 6.92 Å². The van der Waals surface area contributed by atoms with Gasteiger partial charge in [0.2, 0.25) is 5.91 Å². The molecule has 39 heavy (non-hydrogen) atoms. The van der Waals surface area contributed by atoms with Crippen molar-refractivity contribution in [1.29, 1.82) is 0 Å². The van der Waals surface area contributed by atoms with Gasteiger partial charge in [0.05, 0.1) is 17.9 Å². The number of benzene rings is 2. The van der Waals surface area contributed by atoms with Crippen molar-refractivity contribution in [2.45, 2.75) is 44.6 Å². The molecule has 0 unspecified atom stereocenters. The molecule has 2 heterocycles. The number of nitrogens with one attached hydrogen (secondary N) is 2. The Morgan fingerprint density at radius 3 is 2.69 bits per heavy atom. The molecule has 0 saturated carbocycles. The Morgan fingerprint density at radius 2 is 1.87 bits per heavy atom. The van der Waals surface area contributed by atoms with Gasteiger partial charge in [0.25, 0.3) is 5.91 Å². The number of para-hydroxylation sites is 1. The lowest BCUT2D eigenvalue weighted by molar-refractivity contribution is -0.113. The minimum atomic E-state index is -0.363. The van der Waals surface area contributed by atoms with Gasteiger partial charge in [0, 0.05) is 45.5 Å². The number of amides is 2. The summed E-state index contributed by atoms with van der Waals surface area (Å²) in [6.45, 7) is 5.10. The van der Waals surface area contributed by atoms with E-state index >= 15 is 0 Å². The molecule has 2 aromatic heterocycles. The van der Waals surface area contributed by atoms with E-state index in [-0.39, 0.29) is 23.5 Å². The second-order valence-electron chi connectivity index (χ2n) is 9.39. The van der Waals surface area contributed by atoms with Gasteiger partial charge >= 0.3 is 5.97 Å². The molecule has 202 valence electrons. The SMILES string of the molecule is CCOC(=O)c1c(NC(=O)CSc2cn(CCNC(=O)c3ccccc3C)c3ccccc23)sc2c1CCC2. The lowest BCUT2D eigenvalue weighted by Crippen LogP contribution is -2.27. The summed E-state index contributed by atoms with van der Waals surface area (Å²) in [7, 11) is 0. The maximum atomic E-state index is 13.0. The highest BCUT2D eigenvalue weighted by Crippen LogP contribution is 2.40. The molecular weight excluding hydrogens is 530 g/mol. The second-order valence-corrected chi connectivity index (χ2v) is 11.5. The number of esters is 1. The monoisotopic (exact) mass is 561 g/mol. The lowest BCUT2D eigenvalue weighted by atomic mass is 10.1. The zero-order chi connectivity index (χ0) is 27.4. The third-order valence-corrected chi connectivity index (χ3v) is 9.04. The Bertz CT molecular complexity index is 1540. The number of carbonyl (C=O) groups is 3. The number of hydrogen-bond donors (Lipinski definition) is 2. The number of nitrogens with zero attached hydrogens (tertiary/aromatic N) is 1. The van der Waals surface area contributed by atoms with Crippen LogP contribution >= 0.6 is 23.1 Å². The molecule has 0 atom stereocenters. The van der Waals surface area contributed by atoms with E-state index in [9.17, 15) is 14.4 Å². The number of thiophene rings is 1. The van der Waals surface area contributed by atoms with E-state index < -0.39 is 0 Å². The number of fused-ring (bicyclic) bond motifs is 2. The number of thioether (sulfide) groups is 1. The van der Waals surface area contributed by atoms with Crippen LogP contribution in [0.15, 0.2) is 59.6 Å². The van der Waals surface area contributed by atoms with Gasteiger partial charge in [0.1, 0.15) is 5.00 Å². The molecule has 7 nitrogen and oxygen atoms in total. The van der Waals surface area contributed by atoms with Crippen molar-refractivity contribution in [2.75, 3.05) is 24.2 Å². The van der Waals surface area contributed by atoms with Crippen molar-refractivity contribution in [3.63, 3.8) is 0 Å². The van der Waals surface area contributed by atoms with Gasteiger partial charge in [-0.2, -0.15) is 0 Å². The molecule has 1 aliphatic rings. The molecule has 2 N–H and O–H groups in total. The fraction of sp³-hybridized carbons (Fsp3) is 0.300. The van der Waals surface area contributed by atoms with Crippen LogP contribution in [0.4, 0.5) is 5.00 Å². The number of aryl methyl sites for hydroxylation is 2. The third kappa shape index (κ3) is 5.89. The highest BCUT2D eigenvalue weighted by atomic mass is 32.2. The van der Waals surface area contributed by atoms with Crippen LogP contribution in [0.1, 0.15) is 50.1 Å². The Labute approximate surface area is 235 Å². The summed E-state index contributed by atoms with van der Waals surface area (Å²) in [6, 6.07) is 15.6. The van der Waals surface area contributed by atoms with Crippen LogP contribution in [0.25, 0.3) is 10.9 Å². The summed E-state index contributed by atoms with van der Waals surface area (Å²) in [4.78, 5) is 40.3. The molecule has 9 heteroatoms. The first-order valence-electron chi connectivity index (χ1n) is 13.1. The normalized spacial score (nSPS) is 12.4. The Hall–Kier alpha value is -3.56. The molecule has 2 amide bonds. The zero-order valence-corrected chi connectivity index (χ0v) is 23.7. The van der Waals surface area contributed by atoms with E-state index in [1.54, 1.807) is 6.92 Å². The highest BCUT2D eigenvalue weighted by molar-refractivity contribution is 8.00. The number of anilines is 1. The fourth-order valence-corrected chi connectivity index (χ4v) is 7.13. The van der Waals surface area contributed by atoms with Gasteiger partial charge < -0.3 is 19.9 Å². The molecule has 0 fully saturated rings. The summed E-state index contributed by atoms with van der Waals surface area (Å²) in [6.07, 6.45) is 4.83. The van der Waals surface area contributed by atoms with Gasteiger partial charge in [-0.25, -0.2) is 4.79 Å². The van der Waals surface area contributed by atoms with E-state index in [4.69, 9.17) is 4.74 Å². The van der Waals surface area contributed by atoms with Gasteiger partial charge in [0.15, 0.2) is 0 Å². The largest absolute Gasteiger partial charge is 0.462 e. The van der Waals surface area contributed by atoms with Gasteiger partial charge in [-0.3, -0.25) is 9.59 Å². The summed E-state index contributed by atoms with van der Waals surface area (Å²) in [5.74, 6) is -0.397. The van der Waals surface area contributed by atoms with E-state index in [0.717, 1.165) is 46.2 Å². The molecule has 0 spiro atoms. The predicted octanol–water partition coefficient (Wildman–Crippen LogP) is 5.84. The molecule has 0 bridgehead atoms. The molecule has 4 aromatic rings. The van der Waals surface area contributed by atoms with Crippen LogP contribution in [0.3, 0.4) is 0 Å². The highest BCUT2D eigenvalue weighted by Gasteiger charge is 2.28. The fourth-order valence-electron chi connectivity index (χ4n) is 4.94. The number of rotatable bonds is 10. The second kappa shape index (κ2) is 12.1. The van der Waals surface area contributed by atoms with E-state index in [2.05, 4.69) is 15.2 Å². The van der Waals surface area contributed by atoms with Gasteiger partial charge in [-0.15, -0.1) is 23.1 Å². The minimum Gasteiger partial charge on any atom is -0.462 e. The number of hydrogen-bond acceptors (Lipinski definition) is 6. The summed E-state index contributed by atoms with van der Waals surface area (Å²) < 4.78 is 7.38. The van der Waals surface area contributed by atoms with Crippen molar-refractivity contribution < 1.29 is 19.1 Å².